The number of rotatable bonds is 4. The van der Waals surface area contributed by atoms with Crippen molar-refractivity contribution in [3.63, 3.8) is 0 Å². The third-order valence-corrected chi connectivity index (χ3v) is 3.86. The molecule has 2 rings (SSSR count). The minimum atomic E-state index is -0.703. The summed E-state index contributed by atoms with van der Waals surface area (Å²) in [5, 5.41) is 8.97. The van der Waals surface area contributed by atoms with Gasteiger partial charge in [0.05, 0.1) is 6.42 Å². The van der Waals surface area contributed by atoms with E-state index in [4.69, 9.17) is 5.11 Å². The molecule has 0 saturated heterocycles. The zero-order chi connectivity index (χ0) is 11.7. The quantitative estimate of drug-likeness (QED) is 0.914. The second-order valence-corrected chi connectivity index (χ2v) is 5.42. The maximum Gasteiger partial charge on any atom is 0.303 e. The first kappa shape index (κ1) is 11.6. The molecule has 1 atom stereocenters. The fourth-order valence-corrected chi connectivity index (χ4v) is 2.71. The van der Waals surface area contributed by atoms with E-state index in [-0.39, 0.29) is 12.3 Å². The summed E-state index contributed by atoms with van der Waals surface area (Å²) < 4.78 is 1.04. The monoisotopic (exact) mass is 282 g/mol. The second kappa shape index (κ2) is 4.58. The number of halogens is 1. The Kier molecular flexibility index (Phi) is 3.33. The van der Waals surface area contributed by atoms with Gasteiger partial charge in [-0.2, -0.15) is 0 Å². The van der Waals surface area contributed by atoms with Crippen molar-refractivity contribution in [3.05, 3.63) is 33.8 Å². The summed E-state index contributed by atoms with van der Waals surface area (Å²) in [4.78, 5) is 10.9. The summed E-state index contributed by atoms with van der Waals surface area (Å²) in [6, 6.07) is 6.16. The Hall–Kier alpha value is -0.830. The summed E-state index contributed by atoms with van der Waals surface area (Å²) in [6.07, 6.45) is 2.57. The lowest BCUT2D eigenvalue weighted by Gasteiger charge is -2.16. The van der Waals surface area contributed by atoms with Gasteiger partial charge in [0.25, 0.3) is 0 Å². The Morgan fingerprint density at radius 1 is 1.56 bits per heavy atom. The van der Waals surface area contributed by atoms with Crippen LogP contribution in [-0.2, 0) is 4.79 Å². The van der Waals surface area contributed by atoms with Crippen molar-refractivity contribution in [2.45, 2.75) is 32.1 Å². The van der Waals surface area contributed by atoms with Crippen LogP contribution in [0.5, 0.6) is 0 Å². The van der Waals surface area contributed by atoms with E-state index < -0.39 is 5.97 Å². The maximum absolute atomic E-state index is 10.9. The van der Waals surface area contributed by atoms with Crippen LogP contribution in [0.4, 0.5) is 0 Å². The van der Waals surface area contributed by atoms with Crippen LogP contribution in [-0.4, -0.2) is 11.1 Å². The van der Waals surface area contributed by atoms with Crippen molar-refractivity contribution in [1.82, 2.24) is 0 Å². The highest BCUT2D eigenvalue weighted by Gasteiger charge is 2.34. The smallest absolute Gasteiger partial charge is 0.303 e. The topological polar surface area (TPSA) is 37.3 Å². The summed E-state index contributed by atoms with van der Waals surface area (Å²) in [6.45, 7) is 2.04. The molecule has 2 nitrogen and oxygen atoms in total. The Bertz CT molecular complexity index is 410. The number of aliphatic carboxylic acids is 1. The van der Waals surface area contributed by atoms with E-state index in [0.717, 1.165) is 10.0 Å². The summed E-state index contributed by atoms with van der Waals surface area (Å²) >= 11 is 3.52. The number of carboxylic acids is 1. The molecule has 0 spiro atoms. The van der Waals surface area contributed by atoms with Crippen LogP contribution in [0.15, 0.2) is 22.7 Å². The van der Waals surface area contributed by atoms with Crippen LogP contribution in [0.1, 0.15) is 36.3 Å². The molecular weight excluding hydrogens is 268 g/mol. The minimum Gasteiger partial charge on any atom is -0.481 e. The average molecular weight is 283 g/mol. The SMILES string of the molecule is Cc1ccc(Br)c(C(CC(=O)O)C2CC2)c1. The Balaban J connectivity index is 2.30. The zero-order valence-corrected chi connectivity index (χ0v) is 10.8. The van der Waals surface area contributed by atoms with Gasteiger partial charge in [-0.3, -0.25) is 4.79 Å². The third kappa shape index (κ3) is 2.64. The third-order valence-electron chi connectivity index (χ3n) is 3.14. The van der Waals surface area contributed by atoms with E-state index in [9.17, 15) is 4.79 Å². The van der Waals surface area contributed by atoms with E-state index in [1.54, 1.807) is 0 Å². The molecule has 16 heavy (non-hydrogen) atoms. The van der Waals surface area contributed by atoms with E-state index in [1.165, 1.54) is 18.4 Å². The van der Waals surface area contributed by atoms with Gasteiger partial charge in [0, 0.05) is 4.47 Å². The number of carbonyl (C=O) groups is 1. The zero-order valence-electron chi connectivity index (χ0n) is 9.24. The van der Waals surface area contributed by atoms with Gasteiger partial charge in [-0.1, -0.05) is 33.6 Å². The molecule has 0 bridgehead atoms. The molecular formula is C13H15BrO2. The number of aryl methyl sites for hydroxylation is 1. The molecule has 1 unspecified atom stereocenters. The lowest BCUT2D eigenvalue weighted by molar-refractivity contribution is -0.137. The molecule has 1 saturated carbocycles. The van der Waals surface area contributed by atoms with Gasteiger partial charge in [-0.25, -0.2) is 0 Å². The van der Waals surface area contributed by atoms with Gasteiger partial charge in [0.1, 0.15) is 0 Å². The van der Waals surface area contributed by atoms with Crippen molar-refractivity contribution in [3.8, 4) is 0 Å². The molecule has 0 aliphatic heterocycles. The number of carboxylic acid groups (broad SMARTS) is 1. The number of benzene rings is 1. The molecule has 0 aromatic heterocycles. The first-order valence-electron chi connectivity index (χ1n) is 5.56. The van der Waals surface area contributed by atoms with E-state index >= 15 is 0 Å². The Morgan fingerprint density at radius 3 is 2.81 bits per heavy atom. The predicted octanol–water partition coefficient (Wildman–Crippen LogP) is 3.73. The molecule has 86 valence electrons. The van der Waals surface area contributed by atoms with Gasteiger partial charge < -0.3 is 5.11 Å². The highest BCUT2D eigenvalue weighted by molar-refractivity contribution is 9.10. The first-order chi connectivity index (χ1) is 7.58. The Morgan fingerprint density at radius 2 is 2.25 bits per heavy atom. The molecule has 0 radical (unpaired) electrons. The van der Waals surface area contributed by atoms with Crippen LogP contribution in [0, 0.1) is 12.8 Å². The van der Waals surface area contributed by atoms with Crippen LogP contribution in [0.2, 0.25) is 0 Å². The van der Waals surface area contributed by atoms with Gasteiger partial charge in [0.15, 0.2) is 0 Å². The van der Waals surface area contributed by atoms with Crippen LogP contribution in [0.25, 0.3) is 0 Å². The summed E-state index contributed by atoms with van der Waals surface area (Å²) in [5.41, 5.74) is 2.35. The van der Waals surface area contributed by atoms with E-state index in [2.05, 4.69) is 22.0 Å². The molecule has 3 heteroatoms. The van der Waals surface area contributed by atoms with Crippen molar-refractivity contribution < 1.29 is 9.90 Å². The van der Waals surface area contributed by atoms with E-state index in [0.29, 0.717) is 5.92 Å². The molecule has 1 aliphatic rings. The van der Waals surface area contributed by atoms with Crippen molar-refractivity contribution in [2.24, 2.45) is 5.92 Å². The molecule has 1 aromatic carbocycles. The molecule has 1 aromatic rings. The van der Waals surface area contributed by atoms with Gasteiger partial charge in [-0.05, 0) is 43.2 Å². The molecule has 0 amide bonds. The minimum absolute atomic E-state index is 0.173. The van der Waals surface area contributed by atoms with Crippen molar-refractivity contribution >= 4 is 21.9 Å². The van der Waals surface area contributed by atoms with Crippen molar-refractivity contribution in [2.75, 3.05) is 0 Å². The summed E-state index contributed by atoms with van der Waals surface area (Å²) in [5.74, 6) is 0.0336. The van der Waals surface area contributed by atoms with Crippen LogP contribution in [0.3, 0.4) is 0 Å². The van der Waals surface area contributed by atoms with Gasteiger partial charge in [-0.15, -0.1) is 0 Å². The number of hydrogen-bond donors (Lipinski definition) is 1. The van der Waals surface area contributed by atoms with Crippen molar-refractivity contribution in [1.29, 1.82) is 0 Å². The van der Waals surface area contributed by atoms with E-state index in [1.807, 2.05) is 19.1 Å². The molecule has 1 fully saturated rings. The molecule has 0 heterocycles. The van der Waals surface area contributed by atoms with Gasteiger partial charge in [0.2, 0.25) is 0 Å². The normalized spacial score (nSPS) is 17.1. The standard InChI is InChI=1S/C13H15BrO2/c1-8-2-5-12(14)11(6-8)10(7-13(15)16)9-3-4-9/h2,5-6,9-10H,3-4,7H2,1H3,(H,15,16). The van der Waals surface area contributed by atoms with Crippen LogP contribution >= 0.6 is 15.9 Å². The average Bonchev–Trinajstić information content (AvgIpc) is 3.02. The highest BCUT2D eigenvalue weighted by Crippen LogP contribution is 2.46. The fraction of sp³-hybridized carbons (Fsp3) is 0.462. The first-order valence-corrected chi connectivity index (χ1v) is 6.35. The molecule has 1 N–H and O–H groups in total. The largest absolute Gasteiger partial charge is 0.481 e. The maximum atomic E-state index is 10.9. The number of hydrogen-bond acceptors (Lipinski definition) is 1. The summed E-state index contributed by atoms with van der Waals surface area (Å²) in [7, 11) is 0. The predicted molar refractivity (Wildman–Crippen MR) is 66.6 cm³/mol. The fourth-order valence-electron chi connectivity index (χ4n) is 2.16. The Labute approximate surface area is 104 Å². The van der Waals surface area contributed by atoms with Crippen LogP contribution < -0.4 is 0 Å². The second-order valence-electron chi connectivity index (χ2n) is 4.57. The highest BCUT2D eigenvalue weighted by atomic mass is 79.9. The lowest BCUT2D eigenvalue weighted by atomic mass is 9.90. The lowest BCUT2D eigenvalue weighted by Crippen LogP contribution is -2.09. The van der Waals surface area contributed by atoms with Gasteiger partial charge >= 0.3 is 5.97 Å². The molecule has 1 aliphatic carbocycles.